The van der Waals surface area contributed by atoms with Crippen LogP contribution in [0, 0.1) is 45.3 Å². The van der Waals surface area contributed by atoms with Gasteiger partial charge in [0, 0.05) is 18.4 Å². The highest BCUT2D eigenvalue weighted by atomic mass is 16.5. The van der Waals surface area contributed by atoms with E-state index in [2.05, 4.69) is 40.3 Å². The number of rotatable bonds is 7. The molecule has 4 heteroatoms. The molecule has 1 aliphatic heterocycles. The lowest BCUT2D eigenvalue weighted by Crippen LogP contribution is -2.55. The van der Waals surface area contributed by atoms with E-state index >= 15 is 0 Å². The Kier molecular flexibility index (Phi) is 6.32. The van der Waals surface area contributed by atoms with E-state index < -0.39 is 0 Å². The highest BCUT2D eigenvalue weighted by Crippen LogP contribution is 2.87. The molecule has 9 atom stereocenters. The smallest absolute Gasteiger partial charge is 0.333 e. The van der Waals surface area contributed by atoms with Gasteiger partial charge < -0.3 is 9.47 Å². The maximum Gasteiger partial charge on any atom is 0.333 e. The van der Waals surface area contributed by atoms with Crippen molar-refractivity contribution in [2.24, 2.45) is 45.3 Å². The van der Waals surface area contributed by atoms with Gasteiger partial charge in [0.2, 0.25) is 0 Å². The summed E-state index contributed by atoms with van der Waals surface area (Å²) in [5.74, 6) is 2.02. The zero-order valence-electron chi connectivity index (χ0n) is 23.6. The molecular formula is C32H48O4. The van der Waals surface area contributed by atoms with Crippen LogP contribution in [0.15, 0.2) is 23.8 Å². The van der Waals surface area contributed by atoms with Crippen LogP contribution in [0.4, 0.5) is 0 Å². The first-order valence-corrected chi connectivity index (χ1v) is 14.6. The second-order valence-electron chi connectivity index (χ2n) is 13.7. The average molecular weight is 497 g/mol. The third-order valence-corrected chi connectivity index (χ3v) is 12.7. The molecule has 0 radical (unpaired) electrons. The summed E-state index contributed by atoms with van der Waals surface area (Å²) >= 11 is 0. The minimum absolute atomic E-state index is 0.00464. The van der Waals surface area contributed by atoms with E-state index in [9.17, 15) is 9.59 Å². The molecule has 4 saturated carbocycles. The topological polar surface area (TPSA) is 52.6 Å². The van der Waals surface area contributed by atoms with E-state index in [1.165, 1.54) is 50.5 Å². The summed E-state index contributed by atoms with van der Waals surface area (Å²) in [6.45, 7) is 18.4. The van der Waals surface area contributed by atoms with Crippen molar-refractivity contribution in [3.8, 4) is 0 Å². The summed E-state index contributed by atoms with van der Waals surface area (Å²) in [6, 6.07) is 0. The van der Waals surface area contributed by atoms with Crippen molar-refractivity contribution < 1.29 is 19.1 Å². The van der Waals surface area contributed by atoms with Crippen LogP contribution in [-0.4, -0.2) is 24.6 Å². The molecule has 5 rings (SSSR count). The molecule has 4 fully saturated rings. The van der Waals surface area contributed by atoms with Gasteiger partial charge in [-0.05, 0) is 117 Å². The van der Waals surface area contributed by atoms with Crippen molar-refractivity contribution in [1.29, 1.82) is 0 Å². The second kappa shape index (κ2) is 8.73. The quantitative estimate of drug-likeness (QED) is 0.272. The third-order valence-electron chi connectivity index (χ3n) is 12.7. The van der Waals surface area contributed by atoms with Crippen LogP contribution >= 0.6 is 0 Å². The van der Waals surface area contributed by atoms with Gasteiger partial charge in [-0.2, -0.15) is 0 Å². The Balaban J connectivity index is 1.41. The van der Waals surface area contributed by atoms with E-state index in [1.54, 1.807) is 0 Å². The van der Waals surface area contributed by atoms with Gasteiger partial charge >= 0.3 is 11.9 Å². The lowest BCUT2D eigenvalue weighted by molar-refractivity contribution is -0.155. The Labute approximate surface area is 218 Å². The number of fused-ring (bicyclic) bond motifs is 2. The average Bonchev–Trinajstić information content (AvgIpc) is 3.42. The monoisotopic (exact) mass is 496 g/mol. The van der Waals surface area contributed by atoms with Gasteiger partial charge in [0.15, 0.2) is 0 Å². The summed E-state index contributed by atoms with van der Waals surface area (Å²) < 4.78 is 11.3. The van der Waals surface area contributed by atoms with Crippen LogP contribution in [0.5, 0.6) is 0 Å². The molecule has 0 saturated heterocycles. The first-order chi connectivity index (χ1) is 17.0. The first-order valence-electron chi connectivity index (χ1n) is 14.6. The Morgan fingerprint density at radius 2 is 1.94 bits per heavy atom. The fourth-order valence-electron chi connectivity index (χ4n) is 10.7. The van der Waals surface area contributed by atoms with Crippen molar-refractivity contribution in [3.63, 3.8) is 0 Å². The predicted octanol–water partition coefficient (Wildman–Crippen LogP) is 7.42. The van der Waals surface area contributed by atoms with Crippen LogP contribution in [-0.2, 0) is 19.1 Å². The van der Waals surface area contributed by atoms with Crippen LogP contribution in [0.1, 0.15) is 106 Å². The number of allylic oxidation sites excluding steroid dienone is 1. The lowest BCUT2D eigenvalue weighted by Gasteiger charge is -2.61. The molecular weight excluding hydrogens is 448 g/mol. The minimum atomic E-state index is -0.130. The molecule has 0 N–H and O–H groups in total. The summed E-state index contributed by atoms with van der Waals surface area (Å²) in [5.41, 5.74) is 3.20. The Morgan fingerprint density at radius 1 is 1.19 bits per heavy atom. The standard InChI is InChI=1S/C32H48O4/c1-8-35-27(33)14-16-31-19-32(31)18-17-29(6)24(22(5)25-11-9-21(4)28(34)36-25)13-15-30(29,7)26(32)12-10-23(31)20(2)3/h9,22-26H,2,8,10-19H2,1,3-7H3/t22-,23-,24+,25+,26-,29+,30-,31+,32-/m0/s1. The van der Waals surface area contributed by atoms with Crippen LogP contribution < -0.4 is 0 Å². The highest BCUT2D eigenvalue weighted by Gasteiger charge is 2.80. The zero-order valence-corrected chi connectivity index (χ0v) is 23.6. The molecule has 0 unspecified atom stereocenters. The largest absolute Gasteiger partial charge is 0.466 e. The molecule has 1 heterocycles. The van der Waals surface area contributed by atoms with Gasteiger partial charge in [-0.15, -0.1) is 0 Å². The first kappa shape index (κ1) is 26.0. The third kappa shape index (κ3) is 3.44. The molecule has 5 aliphatic rings. The SMILES string of the molecule is C=C(C)[C@@H]1CC[C@@H]2[C@]3(CC[C@]4(C)[C@@H]([C@H](C)[C@H]5CC=C(C)C(=O)O5)CC[C@@]24C)C[C@]13CCC(=O)OCC. The summed E-state index contributed by atoms with van der Waals surface area (Å²) in [5, 5.41) is 0. The number of ether oxygens (including phenoxy) is 2. The number of hydrogen-bond donors (Lipinski definition) is 0. The Hall–Kier alpha value is -1.58. The van der Waals surface area contributed by atoms with Crippen molar-refractivity contribution in [2.75, 3.05) is 6.61 Å². The van der Waals surface area contributed by atoms with Gasteiger partial charge in [-0.1, -0.05) is 39.0 Å². The molecule has 0 aromatic heterocycles. The van der Waals surface area contributed by atoms with E-state index in [0.717, 1.165) is 18.4 Å². The van der Waals surface area contributed by atoms with Gasteiger partial charge in [-0.3, -0.25) is 4.79 Å². The van der Waals surface area contributed by atoms with E-state index in [0.29, 0.717) is 47.5 Å². The lowest BCUT2D eigenvalue weighted by atomic mass is 9.43. The molecule has 0 bridgehead atoms. The van der Waals surface area contributed by atoms with Crippen LogP contribution in [0.2, 0.25) is 0 Å². The molecule has 4 nitrogen and oxygen atoms in total. The molecule has 4 aliphatic carbocycles. The fourth-order valence-corrected chi connectivity index (χ4v) is 10.7. The molecule has 200 valence electrons. The normalized spacial score (nSPS) is 45.9. The van der Waals surface area contributed by atoms with E-state index in [1.807, 2.05) is 13.8 Å². The molecule has 0 aromatic carbocycles. The molecule has 0 aromatic rings. The Morgan fingerprint density at radius 3 is 2.61 bits per heavy atom. The fraction of sp³-hybridized carbons (Fsp3) is 0.812. The highest BCUT2D eigenvalue weighted by molar-refractivity contribution is 5.88. The molecule has 0 amide bonds. The van der Waals surface area contributed by atoms with Gasteiger partial charge in [0.05, 0.1) is 6.61 Å². The maximum atomic E-state index is 12.4. The molecule has 36 heavy (non-hydrogen) atoms. The van der Waals surface area contributed by atoms with Crippen molar-refractivity contribution in [1.82, 2.24) is 0 Å². The minimum Gasteiger partial charge on any atom is -0.466 e. The van der Waals surface area contributed by atoms with Gasteiger partial charge in [0.25, 0.3) is 0 Å². The predicted molar refractivity (Wildman–Crippen MR) is 142 cm³/mol. The van der Waals surface area contributed by atoms with Crippen molar-refractivity contribution in [3.05, 3.63) is 23.8 Å². The van der Waals surface area contributed by atoms with E-state index in [4.69, 9.17) is 9.47 Å². The summed E-state index contributed by atoms with van der Waals surface area (Å²) in [4.78, 5) is 24.7. The Bertz CT molecular complexity index is 981. The second-order valence-corrected chi connectivity index (χ2v) is 13.7. The summed E-state index contributed by atoms with van der Waals surface area (Å²) in [7, 11) is 0. The van der Waals surface area contributed by atoms with Gasteiger partial charge in [0.1, 0.15) is 6.10 Å². The number of hydrogen-bond acceptors (Lipinski definition) is 4. The molecule has 1 spiro atoms. The summed E-state index contributed by atoms with van der Waals surface area (Å²) in [6.07, 6.45) is 13.2. The number of carbonyl (C=O) groups is 2. The number of esters is 2. The van der Waals surface area contributed by atoms with Gasteiger partial charge in [-0.25, -0.2) is 4.79 Å². The van der Waals surface area contributed by atoms with E-state index in [-0.39, 0.29) is 28.9 Å². The van der Waals surface area contributed by atoms with Crippen LogP contribution in [0.25, 0.3) is 0 Å². The number of carbonyl (C=O) groups excluding carboxylic acids is 2. The van der Waals surface area contributed by atoms with Crippen molar-refractivity contribution in [2.45, 2.75) is 112 Å². The van der Waals surface area contributed by atoms with Crippen LogP contribution in [0.3, 0.4) is 0 Å². The maximum absolute atomic E-state index is 12.4. The zero-order chi connectivity index (χ0) is 26.1. The number of cyclic esters (lactones) is 1. The van der Waals surface area contributed by atoms with Crippen molar-refractivity contribution >= 4 is 11.9 Å².